The zero-order valence-corrected chi connectivity index (χ0v) is 6.93. The lowest BCUT2D eigenvalue weighted by Gasteiger charge is -2.21. The molecule has 0 heterocycles. The Morgan fingerprint density at radius 2 is 1.90 bits per heavy atom. The molecule has 0 aliphatic carbocycles. The van der Waals surface area contributed by atoms with Crippen LogP contribution in [0.1, 0.15) is 27.7 Å². The second-order valence-electron chi connectivity index (χ2n) is 3.42. The monoisotopic (exact) mass is 145 g/mol. The van der Waals surface area contributed by atoms with E-state index in [4.69, 9.17) is 5.11 Å². The number of carbonyl (C=O) groups excluding carboxylic acids is 1. The SMILES string of the molecule is C[C@@H](O)C(=O)NC(C)(C)C. The van der Waals surface area contributed by atoms with Crippen LogP contribution >= 0.6 is 0 Å². The average molecular weight is 145 g/mol. The van der Waals surface area contributed by atoms with Crippen LogP contribution in [0.3, 0.4) is 0 Å². The summed E-state index contributed by atoms with van der Waals surface area (Å²) in [5.74, 6) is -0.326. The van der Waals surface area contributed by atoms with Crippen molar-refractivity contribution in [2.45, 2.75) is 39.3 Å². The second-order valence-corrected chi connectivity index (χ2v) is 3.42. The standard InChI is InChI=1S/C7H15NO2/c1-5(9)6(10)8-7(2,3)4/h5,9H,1-4H3,(H,8,10)/t5-/m1/s1. The molecule has 1 amide bonds. The average Bonchev–Trinajstić information content (AvgIpc) is 1.60. The van der Waals surface area contributed by atoms with Crippen molar-refractivity contribution in [2.24, 2.45) is 0 Å². The van der Waals surface area contributed by atoms with Crippen molar-refractivity contribution < 1.29 is 9.90 Å². The van der Waals surface area contributed by atoms with Gasteiger partial charge in [0.2, 0.25) is 5.91 Å². The first-order valence-electron chi connectivity index (χ1n) is 3.33. The van der Waals surface area contributed by atoms with Crippen LogP contribution in [-0.4, -0.2) is 22.7 Å². The number of hydrogen-bond acceptors (Lipinski definition) is 2. The van der Waals surface area contributed by atoms with Gasteiger partial charge in [-0.25, -0.2) is 0 Å². The smallest absolute Gasteiger partial charge is 0.248 e. The van der Waals surface area contributed by atoms with Gasteiger partial charge in [0, 0.05) is 5.54 Å². The fourth-order valence-electron chi connectivity index (χ4n) is 0.474. The van der Waals surface area contributed by atoms with Crippen molar-refractivity contribution in [3.05, 3.63) is 0 Å². The number of nitrogens with one attached hydrogen (secondary N) is 1. The fraction of sp³-hybridized carbons (Fsp3) is 0.857. The fourth-order valence-corrected chi connectivity index (χ4v) is 0.474. The third-order valence-electron chi connectivity index (χ3n) is 0.878. The lowest BCUT2D eigenvalue weighted by atomic mass is 10.1. The van der Waals surface area contributed by atoms with Crippen LogP contribution in [0.4, 0.5) is 0 Å². The highest BCUT2D eigenvalue weighted by molar-refractivity contribution is 5.80. The van der Waals surface area contributed by atoms with E-state index in [1.165, 1.54) is 6.92 Å². The molecule has 0 aromatic carbocycles. The van der Waals surface area contributed by atoms with Crippen LogP contribution in [0.5, 0.6) is 0 Å². The van der Waals surface area contributed by atoms with E-state index in [0.717, 1.165) is 0 Å². The van der Waals surface area contributed by atoms with E-state index < -0.39 is 6.10 Å². The molecule has 3 heteroatoms. The predicted octanol–water partition coefficient (Wildman–Crippen LogP) is 0.282. The summed E-state index contributed by atoms with van der Waals surface area (Å²) in [7, 11) is 0. The Labute approximate surface area is 61.4 Å². The van der Waals surface area contributed by atoms with Crippen molar-refractivity contribution in [1.82, 2.24) is 5.32 Å². The molecule has 0 spiro atoms. The number of rotatable bonds is 1. The van der Waals surface area contributed by atoms with Gasteiger partial charge in [0.05, 0.1) is 0 Å². The first-order chi connectivity index (χ1) is 4.33. The van der Waals surface area contributed by atoms with E-state index in [0.29, 0.717) is 0 Å². The molecule has 0 radical (unpaired) electrons. The minimum Gasteiger partial charge on any atom is -0.384 e. The minimum absolute atomic E-state index is 0.256. The number of carbonyl (C=O) groups is 1. The molecule has 2 N–H and O–H groups in total. The summed E-state index contributed by atoms with van der Waals surface area (Å²) in [4.78, 5) is 10.8. The third-order valence-corrected chi connectivity index (χ3v) is 0.878. The summed E-state index contributed by atoms with van der Waals surface area (Å²) < 4.78 is 0. The van der Waals surface area contributed by atoms with Crippen LogP contribution in [0.25, 0.3) is 0 Å². The molecule has 3 nitrogen and oxygen atoms in total. The molecule has 60 valence electrons. The lowest BCUT2D eigenvalue weighted by molar-refractivity contribution is -0.129. The maximum Gasteiger partial charge on any atom is 0.248 e. The number of hydrogen-bond donors (Lipinski definition) is 2. The number of aliphatic hydroxyl groups excluding tert-OH is 1. The Bertz CT molecular complexity index is 124. The van der Waals surface area contributed by atoms with Crippen LogP contribution in [0, 0.1) is 0 Å². The molecule has 0 bridgehead atoms. The molecule has 0 aromatic rings. The summed E-state index contributed by atoms with van der Waals surface area (Å²) in [6, 6.07) is 0. The third kappa shape index (κ3) is 4.32. The first kappa shape index (κ1) is 9.43. The summed E-state index contributed by atoms with van der Waals surface area (Å²) in [5, 5.41) is 11.4. The molecular weight excluding hydrogens is 130 g/mol. The highest BCUT2D eigenvalue weighted by Crippen LogP contribution is 1.98. The van der Waals surface area contributed by atoms with Crippen molar-refractivity contribution >= 4 is 5.91 Å². The van der Waals surface area contributed by atoms with Gasteiger partial charge in [0.15, 0.2) is 0 Å². The zero-order valence-electron chi connectivity index (χ0n) is 6.93. The number of aliphatic hydroxyl groups is 1. The van der Waals surface area contributed by atoms with Gasteiger partial charge in [0.25, 0.3) is 0 Å². The zero-order chi connectivity index (χ0) is 8.36. The van der Waals surface area contributed by atoms with Crippen molar-refractivity contribution in [1.29, 1.82) is 0 Å². The van der Waals surface area contributed by atoms with Gasteiger partial charge >= 0.3 is 0 Å². The molecule has 10 heavy (non-hydrogen) atoms. The number of amides is 1. The molecule has 0 fully saturated rings. The van der Waals surface area contributed by atoms with E-state index >= 15 is 0 Å². The Kier molecular flexibility index (Phi) is 2.84. The van der Waals surface area contributed by atoms with Gasteiger partial charge in [-0.1, -0.05) is 0 Å². The second kappa shape index (κ2) is 3.01. The van der Waals surface area contributed by atoms with Crippen LogP contribution in [0.15, 0.2) is 0 Å². The van der Waals surface area contributed by atoms with E-state index in [9.17, 15) is 4.79 Å². The molecule has 0 aliphatic rings. The van der Waals surface area contributed by atoms with Crippen LogP contribution in [0.2, 0.25) is 0 Å². The summed E-state index contributed by atoms with van der Waals surface area (Å²) in [5.41, 5.74) is -0.256. The predicted molar refractivity (Wildman–Crippen MR) is 39.6 cm³/mol. The molecule has 0 saturated carbocycles. The normalized spacial score (nSPS) is 14.5. The van der Waals surface area contributed by atoms with E-state index in [-0.39, 0.29) is 11.4 Å². The van der Waals surface area contributed by atoms with E-state index in [2.05, 4.69) is 5.32 Å². The van der Waals surface area contributed by atoms with Gasteiger partial charge < -0.3 is 10.4 Å². The Morgan fingerprint density at radius 1 is 1.50 bits per heavy atom. The van der Waals surface area contributed by atoms with Gasteiger partial charge in [-0.3, -0.25) is 4.79 Å². The van der Waals surface area contributed by atoms with Crippen LogP contribution < -0.4 is 5.32 Å². The lowest BCUT2D eigenvalue weighted by Crippen LogP contribution is -2.44. The van der Waals surface area contributed by atoms with Gasteiger partial charge in [0.1, 0.15) is 6.10 Å². The van der Waals surface area contributed by atoms with Crippen molar-refractivity contribution in [3.8, 4) is 0 Å². The molecule has 0 saturated heterocycles. The van der Waals surface area contributed by atoms with Gasteiger partial charge in [-0.15, -0.1) is 0 Å². The molecule has 0 aromatic heterocycles. The van der Waals surface area contributed by atoms with E-state index in [1.54, 1.807) is 0 Å². The molecule has 0 rings (SSSR count). The Hall–Kier alpha value is -0.570. The van der Waals surface area contributed by atoms with Crippen molar-refractivity contribution in [2.75, 3.05) is 0 Å². The van der Waals surface area contributed by atoms with Crippen LogP contribution in [-0.2, 0) is 4.79 Å². The first-order valence-corrected chi connectivity index (χ1v) is 3.33. The van der Waals surface area contributed by atoms with Gasteiger partial charge in [-0.2, -0.15) is 0 Å². The quantitative estimate of drug-likeness (QED) is 0.557. The van der Waals surface area contributed by atoms with Gasteiger partial charge in [-0.05, 0) is 27.7 Å². The topological polar surface area (TPSA) is 49.3 Å². The summed E-state index contributed by atoms with van der Waals surface area (Å²) >= 11 is 0. The van der Waals surface area contributed by atoms with E-state index in [1.807, 2.05) is 20.8 Å². The summed E-state index contributed by atoms with van der Waals surface area (Å²) in [6.45, 7) is 7.05. The molecule has 1 atom stereocenters. The molecule has 0 aliphatic heterocycles. The summed E-state index contributed by atoms with van der Waals surface area (Å²) in [6.07, 6.45) is -0.917. The Morgan fingerprint density at radius 3 is 2.00 bits per heavy atom. The van der Waals surface area contributed by atoms with Crippen molar-refractivity contribution in [3.63, 3.8) is 0 Å². The maximum absolute atomic E-state index is 10.8. The molecule has 0 unspecified atom stereocenters. The highest BCUT2D eigenvalue weighted by atomic mass is 16.3. The highest BCUT2D eigenvalue weighted by Gasteiger charge is 2.16. The Balaban J connectivity index is 3.81. The largest absolute Gasteiger partial charge is 0.384 e. The minimum atomic E-state index is -0.917. The molecular formula is C7H15NO2. The maximum atomic E-state index is 10.8.